The van der Waals surface area contributed by atoms with E-state index >= 15 is 0 Å². The van der Waals surface area contributed by atoms with Gasteiger partial charge in [-0.2, -0.15) is 0 Å². The summed E-state index contributed by atoms with van der Waals surface area (Å²) in [6.07, 6.45) is 0.595. The van der Waals surface area contributed by atoms with Gasteiger partial charge in [0.05, 0.1) is 0 Å². The zero-order valence-electron chi connectivity index (χ0n) is 12.0. The molecule has 3 N–H and O–H groups in total. The van der Waals surface area contributed by atoms with Crippen LogP contribution in [0.1, 0.15) is 11.1 Å². The molecule has 0 saturated heterocycles. The first-order valence-electron chi connectivity index (χ1n) is 7.07. The maximum absolute atomic E-state index is 9.02. The minimum atomic E-state index is 0.115. The summed E-state index contributed by atoms with van der Waals surface area (Å²) in [5.41, 5.74) is 7.63. The molecule has 21 heavy (non-hydrogen) atoms. The Morgan fingerprint density at radius 2 is 1.62 bits per heavy atom. The topological polar surface area (TPSA) is 64.7 Å². The summed E-state index contributed by atoms with van der Waals surface area (Å²) in [6, 6.07) is 15.4. The molecule has 0 radical (unpaired) electrons. The molecule has 4 heteroatoms. The molecule has 2 aromatic carbocycles. The Hall–Kier alpha value is -2.04. The summed E-state index contributed by atoms with van der Waals surface area (Å²) >= 11 is 0. The first-order chi connectivity index (χ1) is 10.3. The first kappa shape index (κ1) is 15.4. The van der Waals surface area contributed by atoms with Gasteiger partial charge in [-0.15, -0.1) is 0 Å². The molecule has 2 aromatic rings. The number of ether oxygens (including phenoxy) is 2. The highest BCUT2D eigenvalue weighted by Gasteiger charge is 2.02. The molecule has 0 aliphatic carbocycles. The van der Waals surface area contributed by atoms with Crippen LogP contribution in [0.5, 0.6) is 11.5 Å². The van der Waals surface area contributed by atoms with Crippen molar-refractivity contribution < 1.29 is 14.6 Å². The fraction of sp³-hybridized carbons (Fsp3) is 0.294. The van der Waals surface area contributed by atoms with Crippen LogP contribution in [0, 0.1) is 0 Å². The van der Waals surface area contributed by atoms with E-state index in [4.69, 9.17) is 20.3 Å². The molecule has 0 aromatic heterocycles. The maximum atomic E-state index is 9.02. The summed E-state index contributed by atoms with van der Waals surface area (Å²) in [6.45, 7) is 1.58. The summed E-state index contributed by atoms with van der Waals surface area (Å²) in [7, 11) is 0. The normalized spacial score (nSPS) is 10.4. The van der Waals surface area contributed by atoms with Crippen LogP contribution in [0.15, 0.2) is 48.5 Å². The number of aliphatic hydroxyl groups excluding tert-OH is 1. The minimum Gasteiger partial charge on any atom is -0.490 e. The van der Waals surface area contributed by atoms with Crippen molar-refractivity contribution >= 4 is 0 Å². The van der Waals surface area contributed by atoms with Crippen molar-refractivity contribution in [3.05, 3.63) is 59.7 Å². The maximum Gasteiger partial charge on any atom is 0.122 e. The van der Waals surface area contributed by atoms with Crippen molar-refractivity contribution in [2.24, 2.45) is 5.73 Å². The van der Waals surface area contributed by atoms with Crippen molar-refractivity contribution in [3.8, 4) is 11.5 Å². The van der Waals surface area contributed by atoms with Gasteiger partial charge in [0.1, 0.15) is 24.7 Å². The molecular formula is C17H21NO3. The Bertz CT molecular complexity index is 540. The quantitative estimate of drug-likeness (QED) is 0.730. The molecule has 0 aliphatic heterocycles. The van der Waals surface area contributed by atoms with Crippen LogP contribution in [0.25, 0.3) is 0 Å². The molecule has 0 spiro atoms. The number of rotatable bonds is 8. The van der Waals surface area contributed by atoms with E-state index in [-0.39, 0.29) is 6.61 Å². The number of aliphatic hydroxyl groups is 1. The highest BCUT2D eigenvalue weighted by atomic mass is 16.5. The molecule has 2 rings (SSSR count). The molecular weight excluding hydrogens is 266 g/mol. The summed E-state index contributed by atoms with van der Waals surface area (Å²) < 4.78 is 11.3. The highest BCUT2D eigenvalue weighted by Crippen LogP contribution is 2.18. The molecule has 0 bridgehead atoms. The second-order valence-corrected chi connectivity index (χ2v) is 4.63. The molecule has 4 nitrogen and oxygen atoms in total. The number of hydrogen-bond acceptors (Lipinski definition) is 4. The van der Waals surface area contributed by atoms with Crippen LogP contribution in [0.3, 0.4) is 0 Å². The van der Waals surface area contributed by atoms with E-state index in [1.165, 1.54) is 0 Å². The fourth-order valence-corrected chi connectivity index (χ4v) is 2.00. The van der Waals surface area contributed by atoms with Gasteiger partial charge >= 0.3 is 0 Å². The molecule has 0 amide bonds. The third-order valence-corrected chi connectivity index (χ3v) is 3.12. The lowest BCUT2D eigenvalue weighted by molar-refractivity contribution is 0.214. The highest BCUT2D eigenvalue weighted by molar-refractivity contribution is 5.33. The third-order valence-electron chi connectivity index (χ3n) is 3.12. The molecule has 0 unspecified atom stereocenters. The third kappa shape index (κ3) is 4.77. The van der Waals surface area contributed by atoms with Crippen molar-refractivity contribution in [1.82, 2.24) is 0 Å². The van der Waals surface area contributed by atoms with E-state index in [0.717, 1.165) is 22.6 Å². The van der Waals surface area contributed by atoms with Gasteiger partial charge in [0.25, 0.3) is 0 Å². The predicted molar refractivity (Wildman–Crippen MR) is 82.6 cm³/mol. The lowest BCUT2D eigenvalue weighted by Gasteiger charge is -2.11. The van der Waals surface area contributed by atoms with E-state index in [2.05, 4.69) is 0 Å². The van der Waals surface area contributed by atoms with E-state index in [9.17, 15) is 0 Å². The van der Waals surface area contributed by atoms with Gasteiger partial charge in [0.2, 0.25) is 0 Å². The molecule has 0 heterocycles. The number of hydrogen-bond donors (Lipinski definition) is 2. The van der Waals surface area contributed by atoms with Crippen molar-refractivity contribution in [2.75, 3.05) is 19.8 Å². The SMILES string of the molecule is NCc1ccc(OCCOc2ccccc2CCO)cc1. The monoisotopic (exact) mass is 287 g/mol. The van der Waals surface area contributed by atoms with Gasteiger partial charge in [0, 0.05) is 13.2 Å². The predicted octanol–water partition coefficient (Wildman–Crippen LogP) is 2.14. The Balaban J connectivity index is 1.79. The first-order valence-corrected chi connectivity index (χ1v) is 7.07. The zero-order valence-corrected chi connectivity index (χ0v) is 12.0. The Kier molecular flexibility index (Phi) is 6.06. The molecule has 0 atom stereocenters. The van der Waals surface area contributed by atoms with Crippen LogP contribution < -0.4 is 15.2 Å². The van der Waals surface area contributed by atoms with Crippen LogP contribution in [0.4, 0.5) is 0 Å². The summed E-state index contributed by atoms with van der Waals surface area (Å²) in [5.74, 6) is 1.60. The van der Waals surface area contributed by atoms with E-state index < -0.39 is 0 Å². The molecule has 112 valence electrons. The second-order valence-electron chi connectivity index (χ2n) is 4.63. The van der Waals surface area contributed by atoms with Crippen LogP contribution >= 0.6 is 0 Å². The van der Waals surface area contributed by atoms with E-state index in [0.29, 0.717) is 26.2 Å². The Morgan fingerprint density at radius 1 is 0.905 bits per heavy atom. The van der Waals surface area contributed by atoms with Crippen LogP contribution in [-0.4, -0.2) is 24.9 Å². The summed E-state index contributed by atoms with van der Waals surface area (Å²) in [5, 5.41) is 9.02. The summed E-state index contributed by atoms with van der Waals surface area (Å²) in [4.78, 5) is 0. The lowest BCUT2D eigenvalue weighted by Crippen LogP contribution is -2.10. The average molecular weight is 287 g/mol. The Morgan fingerprint density at radius 3 is 2.33 bits per heavy atom. The Labute approximate surface area is 125 Å². The van der Waals surface area contributed by atoms with Gasteiger partial charge in [-0.1, -0.05) is 30.3 Å². The average Bonchev–Trinajstić information content (AvgIpc) is 2.54. The largest absolute Gasteiger partial charge is 0.490 e. The van der Waals surface area contributed by atoms with Crippen molar-refractivity contribution in [2.45, 2.75) is 13.0 Å². The number of para-hydroxylation sites is 1. The lowest BCUT2D eigenvalue weighted by atomic mass is 10.1. The smallest absolute Gasteiger partial charge is 0.122 e. The van der Waals surface area contributed by atoms with Crippen LogP contribution in [0.2, 0.25) is 0 Å². The second kappa shape index (κ2) is 8.29. The van der Waals surface area contributed by atoms with Crippen molar-refractivity contribution in [3.63, 3.8) is 0 Å². The van der Waals surface area contributed by atoms with Gasteiger partial charge in [-0.25, -0.2) is 0 Å². The molecule has 0 fully saturated rings. The van der Waals surface area contributed by atoms with Gasteiger partial charge in [-0.3, -0.25) is 0 Å². The van der Waals surface area contributed by atoms with E-state index in [1.54, 1.807) is 0 Å². The van der Waals surface area contributed by atoms with Crippen molar-refractivity contribution in [1.29, 1.82) is 0 Å². The van der Waals surface area contributed by atoms with Crippen LogP contribution in [-0.2, 0) is 13.0 Å². The van der Waals surface area contributed by atoms with Gasteiger partial charge in [0.15, 0.2) is 0 Å². The zero-order chi connectivity index (χ0) is 14.9. The molecule has 0 aliphatic rings. The van der Waals surface area contributed by atoms with Gasteiger partial charge < -0.3 is 20.3 Å². The van der Waals surface area contributed by atoms with E-state index in [1.807, 2.05) is 48.5 Å². The van der Waals surface area contributed by atoms with Gasteiger partial charge in [-0.05, 0) is 35.7 Å². The standard InChI is InChI=1S/C17H21NO3/c18-13-14-5-7-16(8-6-14)20-11-12-21-17-4-2-1-3-15(17)9-10-19/h1-8,19H,9-13,18H2. The number of nitrogens with two attached hydrogens (primary N) is 1. The fourth-order valence-electron chi connectivity index (χ4n) is 2.00. The molecule has 0 saturated carbocycles. The number of benzene rings is 2. The minimum absolute atomic E-state index is 0.115.